The van der Waals surface area contributed by atoms with Crippen molar-refractivity contribution < 1.29 is 0 Å². The highest BCUT2D eigenvalue weighted by molar-refractivity contribution is 7.12. The van der Waals surface area contributed by atoms with E-state index < -0.39 is 0 Å². The fourth-order valence-corrected chi connectivity index (χ4v) is 3.22. The number of thiophene rings is 1. The second-order valence-corrected chi connectivity index (χ2v) is 5.96. The lowest BCUT2D eigenvalue weighted by Crippen LogP contribution is -2.08. The fourth-order valence-electron chi connectivity index (χ4n) is 1.91. The van der Waals surface area contributed by atoms with Crippen LogP contribution in [0.1, 0.15) is 35.2 Å². The highest BCUT2D eigenvalue weighted by Crippen LogP contribution is 2.29. The van der Waals surface area contributed by atoms with Crippen LogP contribution in [0.3, 0.4) is 0 Å². The van der Waals surface area contributed by atoms with Gasteiger partial charge in [-0.1, -0.05) is 18.5 Å². The molecule has 2 aromatic rings. The van der Waals surface area contributed by atoms with E-state index in [4.69, 9.17) is 17.3 Å². The Balaban J connectivity index is 2.17. The molecule has 0 aliphatic rings. The topological polar surface area (TPSA) is 63.8 Å². The Morgan fingerprint density at radius 3 is 2.74 bits per heavy atom. The second-order valence-electron chi connectivity index (χ2n) is 4.41. The molecule has 2 rings (SSSR count). The number of hydrogen-bond acceptors (Lipinski definition) is 5. The third-order valence-electron chi connectivity index (χ3n) is 2.86. The number of nitrogen functional groups attached to an aromatic ring is 1. The van der Waals surface area contributed by atoms with Gasteiger partial charge in [0.15, 0.2) is 0 Å². The third kappa shape index (κ3) is 3.36. The van der Waals surface area contributed by atoms with Crippen molar-refractivity contribution in [2.75, 3.05) is 11.1 Å². The largest absolute Gasteiger partial charge is 0.368 e. The maximum Gasteiger partial charge on any atom is 0.223 e. The van der Waals surface area contributed by atoms with E-state index in [-0.39, 0.29) is 12.0 Å². The Hall–Kier alpha value is -1.33. The molecule has 0 radical (unpaired) electrons. The number of nitrogens with one attached hydrogen (secondary N) is 1. The van der Waals surface area contributed by atoms with Crippen LogP contribution in [-0.2, 0) is 6.42 Å². The lowest BCUT2D eigenvalue weighted by atomic mass is 10.2. The lowest BCUT2D eigenvalue weighted by Gasteiger charge is -2.13. The molecule has 0 spiro atoms. The van der Waals surface area contributed by atoms with Gasteiger partial charge in [-0.3, -0.25) is 0 Å². The first-order valence-corrected chi connectivity index (χ1v) is 7.34. The number of nitrogens with two attached hydrogens (primary N) is 1. The first kappa shape index (κ1) is 14.1. The minimum atomic E-state index is 0.161. The molecule has 1 unspecified atom stereocenters. The van der Waals surface area contributed by atoms with Gasteiger partial charge < -0.3 is 11.1 Å². The van der Waals surface area contributed by atoms with E-state index in [1.807, 2.05) is 11.3 Å². The number of anilines is 2. The van der Waals surface area contributed by atoms with Crippen molar-refractivity contribution >= 4 is 34.7 Å². The molecule has 0 aliphatic heterocycles. The summed E-state index contributed by atoms with van der Waals surface area (Å²) in [6, 6.07) is 4.05. The van der Waals surface area contributed by atoms with Crippen molar-refractivity contribution in [3.8, 4) is 0 Å². The van der Waals surface area contributed by atoms with Crippen LogP contribution in [0.25, 0.3) is 0 Å². The number of nitrogens with zero attached hydrogens (tertiary/aromatic N) is 2. The molecule has 0 fully saturated rings. The zero-order valence-electron chi connectivity index (χ0n) is 11.2. The molecule has 0 saturated carbocycles. The van der Waals surface area contributed by atoms with Crippen LogP contribution in [0.5, 0.6) is 0 Å². The Morgan fingerprint density at radius 1 is 1.42 bits per heavy atom. The van der Waals surface area contributed by atoms with E-state index in [0.29, 0.717) is 11.0 Å². The summed E-state index contributed by atoms with van der Waals surface area (Å²) in [4.78, 5) is 10.7. The van der Waals surface area contributed by atoms with E-state index in [1.165, 1.54) is 15.3 Å². The van der Waals surface area contributed by atoms with Crippen LogP contribution in [0.2, 0.25) is 5.15 Å². The smallest absolute Gasteiger partial charge is 0.223 e. The first-order valence-electron chi connectivity index (χ1n) is 6.15. The Kier molecular flexibility index (Phi) is 4.27. The van der Waals surface area contributed by atoms with Gasteiger partial charge in [-0.2, -0.15) is 4.98 Å². The fraction of sp³-hybridized carbons (Fsp3) is 0.385. The van der Waals surface area contributed by atoms with Crippen LogP contribution in [-0.4, -0.2) is 9.97 Å². The molecule has 0 aliphatic carbocycles. The summed E-state index contributed by atoms with van der Waals surface area (Å²) in [5, 5.41) is 3.65. The van der Waals surface area contributed by atoms with Crippen molar-refractivity contribution in [3.63, 3.8) is 0 Å². The van der Waals surface area contributed by atoms with Crippen molar-refractivity contribution in [2.24, 2.45) is 0 Å². The summed E-state index contributed by atoms with van der Waals surface area (Å²) in [7, 11) is 0. The molecular weight excluding hydrogens is 280 g/mol. The lowest BCUT2D eigenvalue weighted by molar-refractivity contribution is 0.893. The molecule has 2 aromatic heterocycles. The third-order valence-corrected chi connectivity index (χ3v) is 4.62. The minimum absolute atomic E-state index is 0.161. The molecule has 4 nitrogen and oxygen atoms in total. The summed E-state index contributed by atoms with van der Waals surface area (Å²) in [6.07, 6.45) is 1.06. The van der Waals surface area contributed by atoms with Gasteiger partial charge in [0.05, 0.1) is 6.04 Å². The summed E-state index contributed by atoms with van der Waals surface area (Å²) in [6.45, 7) is 6.41. The van der Waals surface area contributed by atoms with Gasteiger partial charge in [-0.05, 0) is 31.9 Å². The van der Waals surface area contributed by atoms with Crippen LogP contribution in [0.15, 0.2) is 12.1 Å². The zero-order valence-corrected chi connectivity index (χ0v) is 12.8. The number of rotatable bonds is 4. The van der Waals surface area contributed by atoms with Crippen LogP contribution >= 0.6 is 22.9 Å². The van der Waals surface area contributed by atoms with E-state index >= 15 is 0 Å². The van der Waals surface area contributed by atoms with Gasteiger partial charge in [0.2, 0.25) is 5.95 Å². The van der Waals surface area contributed by atoms with Crippen LogP contribution in [0.4, 0.5) is 11.8 Å². The molecule has 0 aromatic carbocycles. The van der Waals surface area contributed by atoms with Crippen molar-refractivity contribution in [2.45, 2.75) is 33.2 Å². The Morgan fingerprint density at radius 2 is 2.16 bits per heavy atom. The van der Waals surface area contributed by atoms with Gasteiger partial charge in [0.25, 0.3) is 0 Å². The minimum Gasteiger partial charge on any atom is -0.368 e. The van der Waals surface area contributed by atoms with Crippen molar-refractivity contribution in [3.05, 3.63) is 32.6 Å². The molecule has 102 valence electrons. The maximum atomic E-state index is 5.86. The molecule has 0 saturated heterocycles. The van der Waals surface area contributed by atoms with E-state index in [2.05, 4.69) is 42.1 Å². The number of hydrogen-bond donors (Lipinski definition) is 2. The van der Waals surface area contributed by atoms with Crippen LogP contribution in [0, 0.1) is 6.92 Å². The van der Waals surface area contributed by atoms with E-state index in [9.17, 15) is 0 Å². The molecule has 6 heteroatoms. The summed E-state index contributed by atoms with van der Waals surface area (Å²) < 4.78 is 0. The summed E-state index contributed by atoms with van der Waals surface area (Å²) in [5.41, 5.74) is 6.92. The Bertz CT molecular complexity index is 562. The first-order chi connectivity index (χ1) is 8.99. The SMILES string of the molecule is CCc1sc(C(C)Nc2cc(Cl)nc(N)n2)cc1C. The quantitative estimate of drug-likeness (QED) is 0.842. The molecular formula is C13H17ClN4S. The summed E-state index contributed by atoms with van der Waals surface area (Å²) >= 11 is 7.69. The average molecular weight is 297 g/mol. The van der Waals surface area contributed by atoms with Crippen molar-refractivity contribution in [1.29, 1.82) is 0 Å². The second kappa shape index (κ2) is 5.75. The van der Waals surface area contributed by atoms with Crippen LogP contribution < -0.4 is 11.1 Å². The molecule has 1 atom stereocenters. The van der Waals surface area contributed by atoms with Gasteiger partial charge in [-0.15, -0.1) is 11.3 Å². The normalized spacial score (nSPS) is 12.4. The molecule has 0 bridgehead atoms. The Labute approximate surface area is 122 Å². The number of aromatic nitrogens is 2. The van der Waals surface area contributed by atoms with E-state index in [0.717, 1.165) is 6.42 Å². The number of halogens is 1. The van der Waals surface area contributed by atoms with Gasteiger partial charge >= 0.3 is 0 Å². The van der Waals surface area contributed by atoms with Gasteiger partial charge in [0.1, 0.15) is 11.0 Å². The van der Waals surface area contributed by atoms with E-state index in [1.54, 1.807) is 6.07 Å². The predicted octanol–water partition coefficient (Wildman–Crippen LogP) is 3.82. The maximum absolute atomic E-state index is 5.86. The molecule has 3 N–H and O–H groups in total. The molecule has 0 amide bonds. The zero-order chi connectivity index (χ0) is 14.0. The van der Waals surface area contributed by atoms with Gasteiger partial charge in [-0.25, -0.2) is 4.98 Å². The summed E-state index contributed by atoms with van der Waals surface area (Å²) in [5.74, 6) is 0.827. The molecule has 2 heterocycles. The van der Waals surface area contributed by atoms with Crippen molar-refractivity contribution in [1.82, 2.24) is 9.97 Å². The van der Waals surface area contributed by atoms with Gasteiger partial charge in [0, 0.05) is 15.8 Å². The highest BCUT2D eigenvalue weighted by atomic mass is 35.5. The number of aryl methyl sites for hydroxylation is 2. The standard InChI is InChI=1S/C13H17ClN4S/c1-4-9-7(2)5-10(19-9)8(3)16-12-6-11(14)17-13(15)18-12/h5-6,8H,4H2,1-3H3,(H3,15,16,17,18). The highest BCUT2D eigenvalue weighted by Gasteiger charge is 2.12. The average Bonchev–Trinajstić information content (AvgIpc) is 2.69. The monoisotopic (exact) mass is 296 g/mol. The predicted molar refractivity (Wildman–Crippen MR) is 81.9 cm³/mol. The molecule has 19 heavy (non-hydrogen) atoms.